The molecule has 0 aliphatic carbocycles. The molecule has 2 N–H and O–H groups in total. The Labute approximate surface area is 159 Å². The van der Waals surface area contributed by atoms with Crippen LogP contribution in [0.3, 0.4) is 0 Å². The standard InChI is InChI=1S/C19H27FN6O/c1-21-19(22-8-10-26-9-2-7-24-26)23-15-18(25-11-13-27-14-12-25)16-3-5-17(20)6-4-16/h2-7,9,18H,8,10-15H2,1H3,(H2,21,22,23). The van der Waals surface area contributed by atoms with Crippen molar-refractivity contribution in [3.63, 3.8) is 0 Å². The highest BCUT2D eigenvalue weighted by Gasteiger charge is 2.23. The van der Waals surface area contributed by atoms with E-state index >= 15 is 0 Å². The third kappa shape index (κ3) is 5.77. The number of aromatic nitrogens is 2. The van der Waals surface area contributed by atoms with Gasteiger partial charge in [-0.15, -0.1) is 0 Å². The Kier molecular flexibility index (Phi) is 7.18. The zero-order chi connectivity index (χ0) is 18.9. The minimum absolute atomic E-state index is 0.124. The molecule has 1 aliphatic rings. The third-order valence-electron chi connectivity index (χ3n) is 4.62. The lowest BCUT2D eigenvalue weighted by atomic mass is 10.0. The number of nitrogens with one attached hydrogen (secondary N) is 2. The molecule has 0 radical (unpaired) electrons. The second kappa shape index (κ2) is 10.0. The van der Waals surface area contributed by atoms with Crippen LogP contribution in [0.1, 0.15) is 11.6 Å². The molecule has 27 heavy (non-hydrogen) atoms. The summed E-state index contributed by atoms with van der Waals surface area (Å²) < 4.78 is 20.7. The Bertz CT molecular complexity index is 697. The number of ether oxygens (including phenoxy) is 1. The topological polar surface area (TPSA) is 66.7 Å². The highest BCUT2D eigenvalue weighted by Crippen LogP contribution is 2.21. The summed E-state index contributed by atoms with van der Waals surface area (Å²) in [6.07, 6.45) is 3.70. The molecular formula is C19H27FN6O. The van der Waals surface area contributed by atoms with Crippen LogP contribution in [-0.4, -0.2) is 67.1 Å². The van der Waals surface area contributed by atoms with Gasteiger partial charge in [0.25, 0.3) is 0 Å². The molecule has 1 aliphatic heterocycles. The van der Waals surface area contributed by atoms with Gasteiger partial charge >= 0.3 is 0 Å². The van der Waals surface area contributed by atoms with E-state index in [0.29, 0.717) is 19.8 Å². The van der Waals surface area contributed by atoms with Crippen molar-refractivity contribution in [2.45, 2.75) is 12.6 Å². The van der Waals surface area contributed by atoms with Gasteiger partial charge in [-0.3, -0.25) is 14.6 Å². The molecule has 0 spiro atoms. The summed E-state index contributed by atoms with van der Waals surface area (Å²) in [6.45, 7) is 5.30. The van der Waals surface area contributed by atoms with Crippen molar-refractivity contribution in [3.05, 3.63) is 54.1 Å². The second-order valence-corrected chi connectivity index (χ2v) is 6.36. The van der Waals surface area contributed by atoms with E-state index in [1.54, 1.807) is 13.2 Å². The maximum Gasteiger partial charge on any atom is 0.191 e. The van der Waals surface area contributed by atoms with Crippen LogP contribution in [-0.2, 0) is 11.3 Å². The Balaban J connectivity index is 1.57. The van der Waals surface area contributed by atoms with Crippen molar-refractivity contribution in [3.8, 4) is 0 Å². The third-order valence-corrected chi connectivity index (χ3v) is 4.62. The van der Waals surface area contributed by atoms with Crippen molar-refractivity contribution >= 4 is 5.96 Å². The second-order valence-electron chi connectivity index (χ2n) is 6.36. The molecule has 1 fully saturated rings. The van der Waals surface area contributed by atoms with Gasteiger partial charge in [0.1, 0.15) is 5.82 Å². The van der Waals surface area contributed by atoms with Crippen LogP contribution < -0.4 is 10.6 Å². The van der Waals surface area contributed by atoms with E-state index < -0.39 is 0 Å². The summed E-state index contributed by atoms with van der Waals surface area (Å²) in [5, 5.41) is 10.9. The SMILES string of the molecule is CN=C(NCCn1cccn1)NCC(c1ccc(F)cc1)N1CCOCC1. The lowest BCUT2D eigenvalue weighted by molar-refractivity contribution is 0.0170. The number of hydrogen-bond acceptors (Lipinski definition) is 4. The molecule has 1 atom stereocenters. The first-order valence-corrected chi connectivity index (χ1v) is 9.25. The van der Waals surface area contributed by atoms with Gasteiger partial charge in [0, 0.05) is 45.6 Å². The number of aliphatic imine (C=N–C) groups is 1. The lowest BCUT2D eigenvalue weighted by Gasteiger charge is -2.35. The average molecular weight is 374 g/mol. The van der Waals surface area contributed by atoms with E-state index in [-0.39, 0.29) is 11.9 Å². The minimum atomic E-state index is -0.219. The Hall–Kier alpha value is -2.45. The Morgan fingerprint density at radius 1 is 1.26 bits per heavy atom. The predicted octanol–water partition coefficient (Wildman–Crippen LogP) is 1.26. The first-order chi connectivity index (χ1) is 13.3. The minimum Gasteiger partial charge on any atom is -0.379 e. The van der Waals surface area contributed by atoms with Gasteiger partial charge in [0.15, 0.2) is 5.96 Å². The first kappa shape index (κ1) is 19.3. The zero-order valence-corrected chi connectivity index (χ0v) is 15.6. The van der Waals surface area contributed by atoms with Crippen LogP contribution in [0.2, 0.25) is 0 Å². The monoisotopic (exact) mass is 374 g/mol. The number of halogens is 1. The molecule has 146 valence electrons. The molecule has 3 rings (SSSR count). The Morgan fingerprint density at radius 2 is 2.04 bits per heavy atom. The number of morpholine rings is 1. The number of nitrogens with zero attached hydrogens (tertiary/aromatic N) is 4. The van der Waals surface area contributed by atoms with Gasteiger partial charge in [-0.2, -0.15) is 5.10 Å². The van der Waals surface area contributed by atoms with Gasteiger partial charge in [0.05, 0.1) is 25.8 Å². The number of rotatable bonds is 7. The summed E-state index contributed by atoms with van der Waals surface area (Å²) in [5.74, 6) is 0.520. The normalized spacial score (nSPS) is 16.9. The molecule has 0 bridgehead atoms. The van der Waals surface area contributed by atoms with Gasteiger partial charge in [-0.25, -0.2) is 4.39 Å². The van der Waals surface area contributed by atoms with Crippen molar-refractivity contribution in [1.82, 2.24) is 25.3 Å². The van der Waals surface area contributed by atoms with Crippen molar-refractivity contribution in [1.29, 1.82) is 0 Å². The summed E-state index contributed by atoms with van der Waals surface area (Å²) in [5.41, 5.74) is 1.08. The molecule has 1 saturated heterocycles. The fraction of sp³-hybridized carbons (Fsp3) is 0.474. The molecule has 8 heteroatoms. The molecule has 1 aromatic carbocycles. The van der Waals surface area contributed by atoms with E-state index in [1.807, 2.05) is 29.1 Å². The summed E-state index contributed by atoms with van der Waals surface area (Å²) in [4.78, 5) is 6.66. The summed E-state index contributed by atoms with van der Waals surface area (Å²) >= 11 is 0. The van der Waals surface area contributed by atoms with E-state index in [1.165, 1.54) is 12.1 Å². The zero-order valence-electron chi connectivity index (χ0n) is 15.6. The van der Waals surface area contributed by atoms with E-state index in [0.717, 1.165) is 37.7 Å². The van der Waals surface area contributed by atoms with Gasteiger partial charge in [-0.1, -0.05) is 12.1 Å². The van der Waals surface area contributed by atoms with E-state index in [9.17, 15) is 4.39 Å². The molecule has 7 nitrogen and oxygen atoms in total. The smallest absolute Gasteiger partial charge is 0.191 e. The van der Waals surface area contributed by atoms with Crippen LogP contribution in [0.4, 0.5) is 4.39 Å². The highest BCUT2D eigenvalue weighted by atomic mass is 19.1. The van der Waals surface area contributed by atoms with Crippen LogP contribution in [0.25, 0.3) is 0 Å². The highest BCUT2D eigenvalue weighted by molar-refractivity contribution is 5.79. The maximum absolute atomic E-state index is 13.3. The number of benzene rings is 1. The molecule has 2 aromatic rings. The van der Waals surface area contributed by atoms with Crippen LogP contribution in [0, 0.1) is 5.82 Å². The molecule has 0 amide bonds. The lowest BCUT2D eigenvalue weighted by Crippen LogP contribution is -2.46. The summed E-state index contributed by atoms with van der Waals surface area (Å²) in [6, 6.07) is 8.76. The average Bonchev–Trinajstić information content (AvgIpc) is 3.22. The Morgan fingerprint density at radius 3 is 2.70 bits per heavy atom. The van der Waals surface area contributed by atoms with E-state index in [4.69, 9.17) is 4.74 Å². The fourth-order valence-corrected chi connectivity index (χ4v) is 3.17. The predicted molar refractivity (Wildman–Crippen MR) is 103 cm³/mol. The van der Waals surface area contributed by atoms with Crippen LogP contribution >= 0.6 is 0 Å². The fourth-order valence-electron chi connectivity index (χ4n) is 3.17. The van der Waals surface area contributed by atoms with Crippen LogP contribution in [0.15, 0.2) is 47.7 Å². The number of hydrogen-bond donors (Lipinski definition) is 2. The first-order valence-electron chi connectivity index (χ1n) is 9.25. The van der Waals surface area contributed by atoms with Gasteiger partial charge < -0.3 is 15.4 Å². The van der Waals surface area contributed by atoms with Crippen LogP contribution in [0.5, 0.6) is 0 Å². The van der Waals surface area contributed by atoms with Gasteiger partial charge in [-0.05, 0) is 23.8 Å². The summed E-state index contributed by atoms with van der Waals surface area (Å²) in [7, 11) is 1.75. The van der Waals surface area contributed by atoms with Crippen molar-refractivity contribution in [2.75, 3.05) is 46.4 Å². The quantitative estimate of drug-likeness (QED) is 0.564. The largest absolute Gasteiger partial charge is 0.379 e. The van der Waals surface area contributed by atoms with Crippen molar-refractivity contribution in [2.24, 2.45) is 4.99 Å². The number of guanidine groups is 1. The molecular weight excluding hydrogens is 347 g/mol. The van der Waals surface area contributed by atoms with E-state index in [2.05, 4.69) is 25.6 Å². The molecule has 2 heterocycles. The van der Waals surface area contributed by atoms with Gasteiger partial charge in [0.2, 0.25) is 0 Å². The van der Waals surface area contributed by atoms with Crippen molar-refractivity contribution < 1.29 is 9.13 Å². The molecule has 0 saturated carbocycles. The molecule has 1 aromatic heterocycles. The maximum atomic E-state index is 13.3. The molecule has 1 unspecified atom stereocenters.